The molecular formula is C21H26ClN3O2. The molecule has 144 valence electrons. The van der Waals surface area contributed by atoms with E-state index in [0.29, 0.717) is 23.0 Å². The molecule has 1 N–H and O–H groups in total. The van der Waals surface area contributed by atoms with Crippen LogP contribution >= 0.6 is 11.6 Å². The van der Waals surface area contributed by atoms with Crippen molar-refractivity contribution in [3.8, 4) is 5.75 Å². The minimum atomic E-state index is -0.0356. The molecule has 2 aromatic carbocycles. The molecule has 0 atom stereocenters. The van der Waals surface area contributed by atoms with E-state index in [0.717, 1.165) is 38.3 Å². The van der Waals surface area contributed by atoms with Crippen LogP contribution in [-0.2, 0) is 11.3 Å². The van der Waals surface area contributed by atoms with Gasteiger partial charge >= 0.3 is 0 Å². The predicted octanol–water partition coefficient (Wildman–Crippen LogP) is 3.41. The first kappa shape index (κ1) is 19.7. The van der Waals surface area contributed by atoms with Gasteiger partial charge in [-0.1, -0.05) is 41.9 Å². The molecule has 1 aliphatic rings. The van der Waals surface area contributed by atoms with Crippen LogP contribution in [0.1, 0.15) is 11.1 Å². The molecule has 1 aliphatic heterocycles. The zero-order valence-electron chi connectivity index (χ0n) is 15.9. The molecule has 0 bridgehead atoms. The molecule has 6 heteroatoms. The van der Waals surface area contributed by atoms with Gasteiger partial charge in [-0.2, -0.15) is 0 Å². The summed E-state index contributed by atoms with van der Waals surface area (Å²) in [6.45, 7) is 6.95. The summed E-state index contributed by atoms with van der Waals surface area (Å²) in [6, 6.07) is 14.1. The minimum Gasteiger partial charge on any atom is -0.495 e. The van der Waals surface area contributed by atoms with Crippen LogP contribution in [0.5, 0.6) is 5.75 Å². The number of carbonyl (C=O) groups excluding carboxylic acids is 1. The van der Waals surface area contributed by atoms with E-state index in [9.17, 15) is 4.79 Å². The molecule has 0 radical (unpaired) electrons. The lowest BCUT2D eigenvalue weighted by molar-refractivity contribution is -0.117. The minimum absolute atomic E-state index is 0.0356. The van der Waals surface area contributed by atoms with Crippen LogP contribution in [0.25, 0.3) is 0 Å². The summed E-state index contributed by atoms with van der Waals surface area (Å²) in [4.78, 5) is 17.1. The van der Waals surface area contributed by atoms with E-state index in [-0.39, 0.29) is 5.91 Å². The van der Waals surface area contributed by atoms with Gasteiger partial charge in [0, 0.05) is 43.8 Å². The van der Waals surface area contributed by atoms with Gasteiger partial charge in [0.2, 0.25) is 5.91 Å². The smallest absolute Gasteiger partial charge is 0.238 e. The zero-order chi connectivity index (χ0) is 19.2. The second kappa shape index (κ2) is 9.22. The number of aryl methyl sites for hydroxylation is 1. The maximum absolute atomic E-state index is 12.5. The Morgan fingerprint density at radius 2 is 1.78 bits per heavy atom. The topological polar surface area (TPSA) is 44.8 Å². The Kier molecular flexibility index (Phi) is 6.72. The van der Waals surface area contributed by atoms with Crippen LogP contribution < -0.4 is 10.1 Å². The Hall–Kier alpha value is -2.08. The van der Waals surface area contributed by atoms with Gasteiger partial charge in [-0.15, -0.1) is 0 Å². The van der Waals surface area contributed by atoms with Crippen molar-refractivity contribution in [1.29, 1.82) is 0 Å². The normalized spacial score (nSPS) is 15.5. The third kappa shape index (κ3) is 5.45. The van der Waals surface area contributed by atoms with Crippen molar-refractivity contribution in [3.05, 3.63) is 58.6 Å². The molecule has 1 heterocycles. The van der Waals surface area contributed by atoms with Gasteiger partial charge in [0.15, 0.2) is 0 Å². The highest BCUT2D eigenvalue weighted by molar-refractivity contribution is 6.31. The molecule has 0 aliphatic carbocycles. The lowest BCUT2D eigenvalue weighted by atomic mass is 10.2. The van der Waals surface area contributed by atoms with Crippen molar-refractivity contribution in [2.75, 3.05) is 45.2 Å². The second-order valence-corrected chi connectivity index (χ2v) is 7.29. The predicted molar refractivity (Wildman–Crippen MR) is 110 cm³/mol. The molecular weight excluding hydrogens is 362 g/mol. The number of nitrogens with zero attached hydrogens (tertiary/aromatic N) is 2. The number of anilines is 1. The Balaban J connectivity index is 1.49. The lowest BCUT2D eigenvalue weighted by Gasteiger charge is -2.34. The fraction of sp³-hybridized carbons (Fsp3) is 0.381. The molecule has 0 aromatic heterocycles. The number of methoxy groups -OCH3 is 1. The van der Waals surface area contributed by atoms with Gasteiger partial charge in [-0.05, 0) is 24.1 Å². The number of halogens is 1. The Bertz CT molecular complexity index is 774. The summed E-state index contributed by atoms with van der Waals surface area (Å²) < 4.78 is 5.32. The molecule has 0 unspecified atom stereocenters. The van der Waals surface area contributed by atoms with Crippen LogP contribution in [0.3, 0.4) is 0 Å². The quantitative estimate of drug-likeness (QED) is 0.825. The first-order chi connectivity index (χ1) is 13.0. The average molecular weight is 388 g/mol. The largest absolute Gasteiger partial charge is 0.495 e. The molecule has 1 saturated heterocycles. The van der Waals surface area contributed by atoms with Gasteiger partial charge in [-0.3, -0.25) is 14.6 Å². The molecule has 1 fully saturated rings. The van der Waals surface area contributed by atoms with Crippen LogP contribution in [-0.4, -0.2) is 55.5 Å². The number of piperazine rings is 1. The summed E-state index contributed by atoms with van der Waals surface area (Å²) in [5.74, 6) is 0.540. The lowest BCUT2D eigenvalue weighted by Crippen LogP contribution is -2.48. The van der Waals surface area contributed by atoms with Crippen molar-refractivity contribution >= 4 is 23.2 Å². The Morgan fingerprint density at radius 1 is 1.11 bits per heavy atom. The maximum atomic E-state index is 12.5. The highest BCUT2D eigenvalue weighted by Gasteiger charge is 2.20. The van der Waals surface area contributed by atoms with E-state index < -0.39 is 0 Å². The highest BCUT2D eigenvalue weighted by atomic mass is 35.5. The first-order valence-electron chi connectivity index (χ1n) is 9.18. The highest BCUT2D eigenvalue weighted by Crippen LogP contribution is 2.30. The van der Waals surface area contributed by atoms with Gasteiger partial charge in [-0.25, -0.2) is 0 Å². The summed E-state index contributed by atoms with van der Waals surface area (Å²) in [6.07, 6.45) is 0. The van der Waals surface area contributed by atoms with Crippen molar-refractivity contribution in [1.82, 2.24) is 9.80 Å². The van der Waals surface area contributed by atoms with Crippen LogP contribution in [0.15, 0.2) is 42.5 Å². The Labute approximate surface area is 165 Å². The van der Waals surface area contributed by atoms with Crippen molar-refractivity contribution < 1.29 is 9.53 Å². The number of rotatable bonds is 6. The van der Waals surface area contributed by atoms with Crippen LogP contribution in [0, 0.1) is 6.92 Å². The standard InChI is InChI=1S/C21H26ClN3O2/c1-16-12-19(20(27-2)13-18(16)22)23-21(26)15-25-10-8-24(9-11-25)14-17-6-4-3-5-7-17/h3-7,12-13H,8-11,14-15H2,1-2H3,(H,23,26). The summed E-state index contributed by atoms with van der Waals surface area (Å²) >= 11 is 6.12. The van der Waals surface area contributed by atoms with Gasteiger partial charge in [0.05, 0.1) is 19.3 Å². The zero-order valence-corrected chi connectivity index (χ0v) is 16.6. The second-order valence-electron chi connectivity index (χ2n) is 6.89. The average Bonchev–Trinajstić information content (AvgIpc) is 2.67. The molecule has 0 saturated carbocycles. The number of amides is 1. The third-order valence-corrected chi connectivity index (χ3v) is 5.24. The van der Waals surface area contributed by atoms with Crippen molar-refractivity contribution in [3.63, 3.8) is 0 Å². The number of benzene rings is 2. The van der Waals surface area contributed by atoms with Crippen molar-refractivity contribution in [2.24, 2.45) is 0 Å². The van der Waals surface area contributed by atoms with Gasteiger partial charge < -0.3 is 10.1 Å². The SMILES string of the molecule is COc1cc(Cl)c(C)cc1NC(=O)CN1CCN(Cc2ccccc2)CC1. The van der Waals surface area contributed by atoms with E-state index in [2.05, 4.69) is 39.4 Å². The number of ether oxygens (including phenoxy) is 1. The number of hydrogen-bond donors (Lipinski definition) is 1. The van der Waals surface area contributed by atoms with Crippen LogP contribution in [0.2, 0.25) is 5.02 Å². The number of nitrogens with one attached hydrogen (secondary N) is 1. The van der Waals surface area contributed by atoms with Crippen molar-refractivity contribution in [2.45, 2.75) is 13.5 Å². The summed E-state index contributed by atoms with van der Waals surface area (Å²) in [5, 5.41) is 3.57. The van der Waals surface area contributed by atoms with Gasteiger partial charge in [0.1, 0.15) is 5.75 Å². The molecule has 27 heavy (non-hydrogen) atoms. The van der Waals surface area contributed by atoms with E-state index in [1.165, 1.54) is 5.56 Å². The van der Waals surface area contributed by atoms with Crippen LogP contribution in [0.4, 0.5) is 5.69 Å². The van der Waals surface area contributed by atoms with E-state index in [1.807, 2.05) is 19.1 Å². The Morgan fingerprint density at radius 3 is 2.44 bits per heavy atom. The summed E-state index contributed by atoms with van der Waals surface area (Å²) in [5.41, 5.74) is 2.89. The molecule has 0 spiro atoms. The third-order valence-electron chi connectivity index (χ3n) is 4.84. The fourth-order valence-corrected chi connectivity index (χ4v) is 3.42. The molecule has 2 aromatic rings. The van der Waals surface area contributed by atoms with Gasteiger partial charge in [0.25, 0.3) is 0 Å². The summed E-state index contributed by atoms with van der Waals surface area (Å²) in [7, 11) is 1.57. The maximum Gasteiger partial charge on any atom is 0.238 e. The van der Waals surface area contributed by atoms with E-state index in [1.54, 1.807) is 13.2 Å². The first-order valence-corrected chi connectivity index (χ1v) is 9.55. The molecule has 3 rings (SSSR count). The van der Waals surface area contributed by atoms with E-state index >= 15 is 0 Å². The number of carbonyl (C=O) groups is 1. The fourth-order valence-electron chi connectivity index (χ4n) is 3.27. The van der Waals surface area contributed by atoms with E-state index in [4.69, 9.17) is 16.3 Å². The molecule has 5 nitrogen and oxygen atoms in total. The molecule has 1 amide bonds. The monoisotopic (exact) mass is 387 g/mol. The number of hydrogen-bond acceptors (Lipinski definition) is 4.